The molecule has 96 valence electrons. The Bertz CT molecular complexity index is 546. The van der Waals surface area contributed by atoms with Gasteiger partial charge in [-0.25, -0.2) is 0 Å². The lowest BCUT2D eigenvalue weighted by atomic mass is 10.0. The Morgan fingerprint density at radius 1 is 1.44 bits per heavy atom. The van der Waals surface area contributed by atoms with E-state index in [1.807, 2.05) is 6.07 Å². The summed E-state index contributed by atoms with van der Waals surface area (Å²) in [7, 11) is 3.95. The number of methoxy groups -OCH3 is 1. The topological polar surface area (TPSA) is 28.3 Å². The summed E-state index contributed by atoms with van der Waals surface area (Å²) in [5.41, 5.74) is 2.61. The first-order valence-electron chi connectivity index (χ1n) is 6.62. The van der Waals surface area contributed by atoms with Gasteiger partial charge in [0.2, 0.25) is 0 Å². The van der Waals surface area contributed by atoms with E-state index < -0.39 is 0 Å². The minimum absolute atomic E-state index is 0.690. The van der Waals surface area contributed by atoms with Gasteiger partial charge in [-0.15, -0.1) is 0 Å². The zero-order valence-corrected chi connectivity index (χ0v) is 11.1. The van der Waals surface area contributed by atoms with Gasteiger partial charge >= 0.3 is 0 Å². The number of rotatable bonds is 3. The van der Waals surface area contributed by atoms with Crippen LogP contribution in [-0.4, -0.2) is 36.6 Å². The number of likely N-dealkylation sites (N-methyl/N-ethyl adjacent to an activating group) is 1. The molecule has 1 aliphatic rings. The Morgan fingerprint density at radius 3 is 3.06 bits per heavy atom. The molecule has 3 heteroatoms. The number of aromatic nitrogens is 1. The highest BCUT2D eigenvalue weighted by Gasteiger charge is 2.22. The van der Waals surface area contributed by atoms with Crippen molar-refractivity contribution in [1.29, 1.82) is 0 Å². The number of aromatic amines is 1. The molecule has 1 aromatic heterocycles. The zero-order chi connectivity index (χ0) is 12.5. The summed E-state index contributed by atoms with van der Waals surface area (Å²) in [6.07, 6.45) is 5.92. The van der Waals surface area contributed by atoms with Crippen LogP contribution < -0.4 is 4.74 Å². The van der Waals surface area contributed by atoms with Gasteiger partial charge in [-0.2, -0.15) is 0 Å². The van der Waals surface area contributed by atoms with Crippen LogP contribution in [0.1, 0.15) is 18.4 Å². The number of H-pyrrole nitrogens is 1. The highest BCUT2D eigenvalue weighted by atomic mass is 16.5. The molecule has 0 aliphatic carbocycles. The lowest BCUT2D eigenvalue weighted by Crippen LogP contribution is -2.26. The van der Waals surface area contributed by atoms with Crippen LogP contribution in [0, 0.1) is 0 Å². The van der Waals surface area contributed by atoms with Crippen LogP contribution in [0.3, 0.4) is 0 Å². The quantitative estimate of drug-likeness (QED) is 0.899. The van der Waals surface area contributed by atoms with Gasteiger partial charge in [0.1, 0.15) is 5.75 Å². The van der Waals surface area contributed by atoms with E-state index in [9.17, 15) is 0 Å². The molecule has 1 fully saturated rings. The van der Waals surface area contributed by atoms with E-state index in [0.29, 0.717) is 6.04 Å². The van der Waals surface area contributed by atoms with Gasteiger partial charge in [0, 0.05) is 23.1 Å². The lowest BCUT2D eigenvalue weighted by Gasteiger charge is -2.18. The van der Waals surface area contributed by atoms with Crippen LogP contribution in [0.2, 0.25) is 0 Å². The van der Waals surface area contributed by atoms with Crippen molar-refractivity contribution in [1.82, 2.24) is 9.88 Å². The molecule has 1 N–H and O–H groups in total. The van der Waals surface area contributed by atoms with E-state index in [-0.39, 0.29) is 0 Å². The molecular weight excluding hydrogens is 224 g/mol. The number of benzene rings is 1. The number of ether oxygens (including phenoxy) is 1. The minimum Gasteiger partial charge on any atom is -0.497 e. The third-order valence-electron chi connectivity index (χ3n) is 4.10. The molecule has 3 rings (SSSR count). The fourth-order valence-corrected chi connectivity index (χ4v) is 2.94. The second kappa shape index (κ2) is 4.65. The van der Waals surface area contributed by atoms with Crippen LogP contribution in [0.15, 0.2) is 24.4 Å². The van der Waals surface area contributed by atoms with Crippen molar-refractivity contribution in [2.75, 3.05) is 20.7 Å². The summed E-state index contributed by atoms with van der Waals surface area (Å²) in [5.74, 6) is 0.933. The van der Waals surface area contributed by atoms with Crippen LogP contribution in [0.5, 0.6) is 5.75 Å². The Morgan fingerprint density at radius 2 is 2.33 bits per heavy atom. The molecule has 1 atom stereocenters. The van der Waals surface area contributed by atoms with Gasteiger partial charge in [0.05, 0.1) is 7.11 Å². The fourth-order valence-electron chi connectivity index (χ4n) is 2.94. The molecule has 0 spiro atoms. The smallest absolute Gasteiger partial charge is 0.119 e. The Kier molecular flexibility index (Phi) is 3.00. The number of nitrogens with zero attached hydrogens (tertiary/aromatic N) is 1. The van der Waals surface area contributed by atoms with Gasteiger partial charge in [-0.1, -0.05) is 0 Å². The van der Waals surface area contributed by atoms with Crippen molar-refractivity contribution in [3.8, 4) is 5.75 Å². The first-order chi connectivity index (χ1) is 8.78. The highest BCUT2D eigenvalue weighted by molar-refractivity contribution is 5.84. The fraction of sp³-hybridized carbons (Fsp3) is 0.467. The van der Waals surface area contributed by atoms with Gasteiger partial charge in [0.15, 0.2) is 0 Å². The van der Waals surface area contributed by atoms with E-state index in [0.717, 1.165) is 12.2 Å². The number of hydrogen-bond donors (Lipinski definition) is 1. The summed E-state index contributed by atoms with van der Waals surface area (Å²) in [6, 6.07) is 6.92. The SMILES string of the molecule is COc1ccc2[nH]cc(C[C@H]3CCCN3C)c2c1. The van der Waals surface area contributed by atoms with E-state index in [2.05, 4.69) is 35.3 Å². The molecule has 0 amide bonds. The van der Waals surface area contributed by atoms with Crippen LogP contribution in [0.25, 0.3) is 10.9 Å². The van der Waals surface area contributed by atoms with E-state index in [1.54, 1.807) is 7.11 Å². The van der Waals surface area contributed by atoms with Gasteiger partial charge in [0.25, 0.3) is 0 Å². The highest BCUT2D eigenvalue weighted by Crippen LogP contribution is 2.27. The standard InChI is InChI=1S/C15H20N2O/c1-17-7-3-4-12(17)8-11-10-16-15-6-5-13(18-2)9-14(11)15/h5-6,9-10,12,16H,3-4,7-8H2,1-2H3/t12-/m1/s1. The third-order valence-corrected chi connectivity index (χ3v) is 4.10. The summed E-state index contributed by atoms with van der Waals surface area (Å²) in [6.45, 7) is 1.23. The Labute approximate surface area is 108 Å². The predicted octanol–water partition coefficient (Wildman–Crippen LogP) is 2.81. The van der Waals surface area contributed by atoms with Crippen molar-refractivity contribution < 1.29 is 4.74 Å². The summed E-state index contributed by atoms with van der Waals surface area (Å²) in [4.78, 5) is 5.83. The predicted molar refractivity (Wildman–Crippen MR) is 74.2 cm³/mol. The summed E-state index contributed by atoms with van der Waals surface area (Å²) < 4.78 is 5.31. The molecule has 1 aromatic carbocycles. The second-order valence-electron chi connectivity index (χ2n) is 5.21. The summed E-state index contributed by atoms with van der Waals surface area (Å²) in [5, 5.41) is 1.30. The molecule has 3 nitrogen and oxygen atoms in total. The minimum atomic E-state index is 0.690. The van der Waals surface area contributed by atoms with Gasteiger partial charge in [-0.05, 0) is 56.6 Å². The Hall–Kier alpha value is -1.48. The first-order valence-corrected chi connectivity index (χ1v) is 6.62. The van der Waals surface area contributed by atoms with Crippen LogP contribution in [0.4, 0.5) is 0 Å². The van der Waals surface area contributed by atoms with E-state index in [1.165, 1.54) is 35.9 Å². The maximum atomic E-state index is 5.31. The molecule has 0 bridgehead atoms. The average molecular weight is 244 g/mol. The zero-order valence-electron chi connectivity index (χ0n) is 11.1. The molecule has 0 saturated carbocycles. The molecule has 1 saturated heterocycles. The molecule has 1 aliphatic heterocycles. The number of nitrogens with one attached hydrogen (secondary N) is 1. The third kappa shape index (κ3) is 1.99. The second-order valence-corrected chi connectivity index (χ2v) is 5.21. The van der Waals surface area contributed by atoms with E-state index >= 15 is 0 Å². The van der Waals surface area contributed by atoms with Crippen molar-refractivity contribution in [2.24, 2.45) is 0 Å². The number of likely N-dealkylation sites (tertiary alicyclic amines) is 1. The van der Waals surface area contributed by atoms with E-state index in [4.69, 9.17) is 4.74 Å². The molecule has 18 heavy (non-hydrogen) atoms. The molecule has 0 radical (unpaired) electrons. The van der Waals surface area contributed by atoms with Gasteiger partial charge in [-0.3, -0.25) is 0 Å². The van der Waals surface area contributed by atoms with Crippen molar-refractivity contribution >= 4 is 10.9 Å². The van der Waals surface area contributed by atoms with Crippen molar-refractivity contribution in [3.63, 3.8) is 0 Å². The maximum Gasteiger partial charge on any atom is 0.119 e. The molecule has 0 unspecified atom stereocenters. The van der Waals surface area contributed by atoms with Crippen LogP contribution >= 0.6 is 0 Å². The normalized spacial score (nSPS) is 20.7. The summed E-state index contributed by atoms with van der Waals surface area (Å²) >= 11 is 0. The molecule has 2 aromatic rings. The monoisotopic (exact) mass is 244 g/mol. The largest absolute Gasteiger partial charge is 0.497 e. The van der Waals surface area contributed by atoms with Gasteiger partial charge < -0.3 is 14.6 Å². The molecular formula is C15H20N2O. The maximum absolute atomic E-state index is 5.31. The van der Waals surface area contributed by atoms with Crippen molar-refractivity contribution in [3.05, 3.63) is 30.0 Å². The number of fused-ring (bicyclic) bond motifs is 1. The Balaban J connectivity index is 1.91. The first kappa shape index (κ1) is 11.6. The lowest BCUT2D eigenvalue weighted by molar-refractivity contribution is 0.310. The number of hydrogen-bond acceptors (Lipinski definition) is 2. The molecule has 2 heterocycles. The van der Waals surface area contributed by atoms with Crippen LogP contribution in [-0.2, 0) is 6.42 Å². The average Bonchev–Trinajstić information content (AvgIpc) is 2.97. The van der Waals surface area contributed by atoms with Crippen molar-refractivity contribution in [2.45, 2.75) is 25.3 Å².